The van der Waals surface area contributed by atoms with Gasteiger partial charge in [-0.1, -0.05) is 11.8 Å². The van der Waals surface area contributed by atoms with Gasteiger partial charge in [0.1, 0.15) is 11.0 Å². The van der Waals surface area contributed by atoms with Crippen molar-refractivity contribution in [3.63, 3.8) is 0 Å². The van der Waals surface area contributed by atoms with Gasteiger partial charge in [0.05, 0.1) is 25.0 Å². The van der Waals surface area contributed by atoms with Gasteiger partial charge in [-0.05, 0) is 45.1 Å². The first-order chi connectivity index (χ1) is 14.9. The number of carbonyl (C=O) groups is 3. The molecule has 2 aromatic heterocycles. The number of thiophene rings is 1. The van der Waals surface area contributed by atoms with Crippen molar-refractivity contribution >= 4 is 51.9 Å². The van der Waals surface area contributed by atoms with E-state index in [9.17, 15) is 14.4 Å². The van der Waals surface area contributed by atoms with E-state index in [1.54, 1.807) is 13.8 Å². The Kier molecular flexibility index (Phi) is 7.55. The maximum Gasteiger partial charge on any atom is 0.341 e. The van der Waals surface area contributed by atoms with Gasteiger partial charge in [0.2, 0.25) is 11.9 Å². The first kappa shape index (κ1) is 23.1. The molecular formula is C19H25N5O5S2. The predicted octanol–water partition coefficient (Wildman–Crippen LogP) is 2.44. The highest BCUT2D eigenvalue weighted by Crippen LogP contribution is 2.39. The SMILES string of the molecule is CCOC(=O)c1c(NC(=O)C(C)n2c(N)nnc2SCC(=O)OC)sc2c1CCCC2. The van der Waals surface area contributed by atoms with Crippen LogP contribution in [0.3, 0.4) is 0 Å². The average molecular weight is 468 g/mol. The number of carbonyl (C=O) groups excluding carboxylic acids is 3. The Hall–Kier alpha value is -2.60. The van der Waals surface area contributed by atoms with Crippen LogP contribution in [0.25, 0.3) is 0 Å². The molecule has 10 nitrogen and oxygen atoms in total. The molecule has 2 aromatic rings. The van der Waals surface area contributed by atoms with Crippen molar-refractivity contribution in [2.24, 2.45) is 0 Å². The van der Waals surface area contributed by atoms with Crippen LogP contribution in [0.5, 0.6) is 0 Å². The number of aryl methyl sites for hydroxylation is 1. The lowest BCUT2D eigenvalue weighted by Crippen LogP contribution is -2.26. The molecule has 1 unspecified atom stereocenters. The Balaban J connectivity index is 1.84. The molecule has 0 fully saturated rings. The van der Waals surface area contributed by atoms with Gasteiger partial charge >= 0.3 is 11.9 Å². The van der Waals surface area contributed by atoms with Gasteiger partial charge in [-0.15, -0.1) is 21.5 Å². The van der Waals surface area contributed by atoms with Crippen molar-refractivity contribution < 1.29 is 23.9 Å². The minimum Gasteiger partial charge on any atom is -0.468 e. The van der Waals surface area contributed by atoms with E-state index in [4.69, 9.17) is 10.5 Å². The summed E-state index contributed by atoms with van der Waals surface area (Å²) in [5.74, 6) is -1.18. The highest BCUT2D eigenvalue weighted by atomic mass is 32.2. The number of rotatable bonds is 8. The zero-order valence-electron chi connectivity index (χ0n) is 17.6. The van der Waals surface area contributed by atoms with Crippen molar-refractivity contribution in [3.8, 4) is 0 Å². The van der Waals surface area contributed by atoms with Crippen molar-refractivity contribution in [2.75, 3.05) is 30.5 Å². The lowest BCUT2D eigenvalue weighted by molar-refractivity contribution is -0.137. The Morgan fingerprint density at radius 3 is 2.74 bits per heavy atom. The molecule has 2 heterocycles. The van der Waals surface area contributed by atoms with Crippen LogP contribution in [0.2, 0.25) is 0 Å². The van der Waals surface area contributed by atoms with Crippen molar-refractivity contribution in [1.82, 2.24) is 14.8 Å². The fourth-order valence-corrected chi connectivity index (χ4v) is 5.47. The number of nitrogen functional groups attached to an aromatic ring is 1. The number of aromatic nitrogens is 3. The summed E-state index contributed by atoms with van der Waals surface area (Å²) in [6, 6.07) is -0.774. The van der Waals surface area contributed by atoms with E-state index in [0.29, 0.717) is 15.7 Å². The second-order valence-corrected chi connectivity index (χ2v) is 8.92. The predicted molar refractivity (Wildman–Crippen MR) is 117 cm³/mol. The second-order valence-electron chi connectivity index (χ2n) is 6.88. The third-order valence-electron chi connectivity index (χ3n) is 4.89. The quantitative estimate of drug-likeness (QED) is 0.443. The standard InChI is InChI=1S/C19H25N5O5S2/c1-4-29-17(27)14-11-7-5-6-8-12(11)31-16(14)21-15(26)10(2)24-18(20)22-23-19(24)30-9-13(25)28-3/h10H,4-9H2,1-3H3,(H2,20,22)(H,21,26). The number of thioether (sulfide) groups is 1. The minimum atomic E-state index is -0.774. The van der Waals surface area contributed by atoms with Crippen molar-refractivity contribution in [2.45, 2.75) is 50.7 Å². The third kappa shape index (κ3) is 5.01. The topological polar surface area (TPSA) is 138 Å². The molecule has 12 heteroatoms. The molecule has 0 saturated heterocycles. The van der Waals surface area contributed by atoms with Crippen LogP contribution in [-0.2, 0) is 31.9 Å². The molecule has 1 aliphatic rings. The highest BCUT2D eigenvalue weighted by Gasteiger charge is 2.29. The number of anilines is 2. The second kappa shape index (κ2) is 10.1. The molecule has 1 amide bonds. The molecule has 0 spiro atoms. The molecule has 168 valence electrons. The molecule has 3 rings (SSSR count). The molecule has 0 radical (unpaired) electrons. The van der Waals surface area contributed by atoms with Gasteiger partial charge in [0.25, 0.3) is 0 Å². The zero-order chi connectivity index (χ0) is 22.5. The number of nitrogens with two attached hydrogens (primary N) is 1. The minimum absolute atomic E-state index is 0.00756. The number of nitrogens with zero attached hydrogens (tertiary/aromatic N) is 3. The smallest absolute Gasteiger partial charge is 0.341 e. The van der Waals surface area contributed by atoms with Crippen molar-refractivity contribution in [1.29, 1.82) is 0 Å². The number of esters is 2. The normalized spacial score (nSPS) is 13.9. The first-order valence-corrected chi connectivity index (χ1v) is 11.7. The monoisotopic (exact) mass is 467 g/mol. The van der Waals surface area contributed by atoms with Crippen LogP contribution < -0.4 is 11.1 Å². The van der Waals surface area contributed by atoms with E-state index in [2.05, 4.69) is 20.3 Å². The summed E-state index contributed by atoms with van der Waals surface area (Å²) >= 11 is 2.49. The Labute approximate surface area is 187 Å². The fourth-order valence-electron chi connectivity index (χ4n) is 3.34. The first-order valence-electron chi connectivity index (χ1n) is 9.89. The number of fused-ring (bicyclic) bond motifs is 1. The van der Waals surface area contributed by atoms with E-state index in [1.165, 1.54) is 23.0 Å². The highest BCUT2D eigenvalue weighted by molar-refractivity contribution is 7.99. The number of hydrogen-bond acceptors (Lipinski definition) is 10. The van der Waals surface area contributed by atoms with Gasteiger partial charge in [-0.3, -0.25) is 14.2 Å². The van der Waals surface area contributed by atoms with Crippen LogP contribution in [0.4, 0.5) is 10.9 Å². The number of methoxy groups -OCH3 is 1. The van der Waals surface area contributed by atoms with E-state index in [1.807, 2.05) is 0 Å². The van der Waals surface area contributed by atoms with E-state index in [0.717, 1.165) is 47.9 Å². The van der Waals surface area contributed by atoms with E-state index in [-0.39, 0.29) is 24.2 Å². The summed E-state index contributed by atoms with van der Waals surface area (Å²) in [4.78, 5) is 38.2. The third-order valence-corrected chi connectivity index (χ3v) is 7.02. The zero-order valence-corrected chi connectivity index (χ0v) is 19.2. The number of ether oxygens (including phenoxy) is 2. The Morgan fingerprint density at radius 2 is 2.03 bits per heavy atom. The van der Waals surface area contributed by atoms with Crippen LogP contribution in [0.15, 0.2) is 5.16 Å². The van der Waals surface area contributed by atoms with Gasteiger partial charge in [0.15, 0.2) is 5.16 Å². The Bertz CT molecular complexity index is 987. The summed E-state index contributed by atoms with van der Waals surface area (Å²) in [6.07, 6.45) is 3.72. The summed E-state index contributed by atoms with van der Waals surface area (Å²) in [5, 5.41) is 11.4. The molecule has 0 saturated carbocycles. The molecule has 0 bridgehead atoms. The summed E-state index contributed by atoms with van der Waals surface area (Å²) in [7, 11) is 1.29. The van der Waals surface area contributed by atoms with Crippen LogP contribution >= 0.6 is 23.1 Å². The number of hydrogen-bond donors (Lipinski definition) is 2. The molecule has 0 aromatic carbocycles. The lowest BCUT2D eigenvalue weighted by atomic mass is 9.95. The Morgan fingerprint density at radius 1 is 1.29 bits per heavy atom. The summed E-state index contributed by atoms with van der Waals surface area (Å²) in [6.45, 7) is 3.65. The lowest BCUT2D eigenvalue weighted by Gasteiger charge is -2.16. The van der Waals surface area contributed by atoms with Crippen LogP contribution in [-0.4, -0.2) is 52.1 Å². The molecule has 1 atom stereocenters. The van der Waals surface area contributed by atoms with Crippen LogP contribution in [0.1, 0.15) is 53.5 Å². The van der Waals surface area contributed by atoms with Crippen LogP contribution in [0, 0.1) is 0 Å². The summed E-state index contributed by atoms with van der Waals surface area (Å²) < 4.78 is 11.3. The van der Waals surface area contributed by atoms with Crippen molar-refractivity contribution in [3.05, 3.63) is 16.0 Å². The number of amides is 1. The molecule has 31 heavy (non-hydrogen) atoms. The molecule has 1 aliphatic carbocycles. The maximum absolute atomic E-state index is 13.1. The fraction of sp³-hybridized carbons (Fsp3) is 0.526. The maximum atomic E-state index is 13.1. The van der Waals surface area contributed by atoms with E-state index >= 15 is 0 Å². The molecule has 0 aliphatic heterocycles. The molecule has 3 N–H and O–H groups in total. The van der Waals surface area contributed by atoms with Gasteiger partial charge in [-0.2, -0.15) is 0 Å². The number of nitrogens with one attached hydrogen (secondary N) is 1. The largest absolute Gasteiger partial charge is 0.468 e. The van der Waals surface area contributed by atoms with E-state index < -0.39 is 18.0 Å². The van der Waals surface area contributed by atoms with Gasteiger partial charge < -0.3 is 20.5 Å². The summed E-state index contributed by atoms with van der Waals surface area (Å²) in [5.41, 5.74) is 7.33. The average Bonchev–Trinajstić information content (AvgIpc) is 3.31. The van der Waals surface area contributed by atoms with Gasteiger partial charge in [0, 0.05) is 4.88 Å². The molecular weight excluding hydrogens is 442 g/mol. The van der Waals surface area contributed by atoms with Gasteiger partial charge in [-0.25, -0.2) is 4.79 Å².